The number of hydrogen-bond donors (Lipinski definition) is 0. The van der Waals surface area contributed by atoms with E-state index in [-0.39, 0.29) is 6.42 Å². The van der Waals surface area contributed by atoms with Crippen LogP contribution in [0, 0.1) is 0 Å². The molecule has 0 aromatic rings. The smallest absolute Gasteiger partial charge is 0.206 e. The van der Waals surface area contributed by atoms with Crippen molar-refractivity contribution in [1.29, 1.82) is 0 Å². The van der Waals surface area contributed by atoms with E-state index in [1.54, 1.807) is 0 Å². The van der Waals surface area contributed by atoms with Gasteiger partial charge in [0.2, 0.25) is 0 Å². The molecular formula is C8H11F3. The fourth-order valence-corrected chi connectivity index (χ4v) is 0.558. The van der Waals surface area contributed by atoms with E-state index in [4.69, 9.17) is 0 Å². The number of allylic oxidation sites excluding steroid dienone is 2. The van der Waals surface area contributed by atoms with Crippen molar-refractivity contribution in [2.45, 2.75) is 26.2 Å². The number of hydrogen-bond acceptors (Lipinski definition) is 0. The molecule has 0 amide bonds. The standard InChI is InChI=1S/C8H11F3/c1-3-6(2)4-5-7(9)8(10)11/h2-5H2,1H3. The van der Waals surface area contributed by atoms with Gasteiger partial charge in [-0.25, -0.2) is 4.39 Å². The van der Waals surface area contributed by atoms with Crippen molar-refractivity contribution in [3.8, 4) is 0 Å². The Balaban J connectivity index is 3.72. The van der Waals surface area contributed by atoms with E-state index in [1.165, 1.54) is 0 Å². The molecule has 0 fully saturated rings. The topological polar surface area (TPSA) is 0 Å². The van der Waals surface area contributed by atoms with Crippen molar-refractivity contribution in [3.05, 3.63) is 24.1 Å². The predicted molar refractivity (Wildman–Crippen MR) is 39.0 cm³/mol. The summed E-state index contributed by atoms with van der Waals surface area (Å²) in [6.45, 7) is 5.43. The molecule has 64 valence electrons. The first-order valence-corrected chi connectivity index (χ1v) is 3.44. The van der Waals surface area contributed by atoms with Gasteiger partial charge in [-0.2, -0.15) is 8.78 Å². The summed E-state index contributed by atoms with van der Waals surface area (Å²) in [7, 11) is 0. The molecule has 0 N–H and O–H groups in total. The summed E-state index contributed by atoms with van der Waals surface area (Å²) in [5.41, 5.74) is 0.793. The average Bonchev–Trinajstić information content (AvgIpc) is 1.99. The molecule has 11 heavy (non-hydrogen) atoms. The lowest BCUT2D eigenvalue weighted by molar-refractivity contribution is 0.370. The van der Waals surface area contributed by atoms with Gasteiger partial charge in [-0.3, -0.25) is 0 Å². The van der Waals surface area contributed by atoms with E-state index in [2.05, 4.69) is 6.58 Å². The van der Waals surface area contributed by atoms with Gasteiger partial charge in [-0.15, -0.1) is 0 Å². The highest BCUT2D eigenvalue weighted by Crippen LogP contribution is 2.18. The molecule has 0 unspecified atom stereocenters. The third kappa shape index (κ3) is 4.65. The molecule has 0 atom stereocenters. The van der Waals surface area contributed by atoms with E-state index in [9.17, 15) is 13.2 Å². The maximum Gasteiger partial charge on any atom is 0.301 e. The quantitative estimate of drug-likeness (QED) is 0.554. The zero-order valence-corrected chi connectivity index (χ0v) is 6.46. The van der Waals surface area contributed by atoms with Gasteiger partial charge in [0.25, 0.3) is 0 Å². The number of rotatable bonds is 4. The van der Waals surface area contributed by atoms with Gasteiger partial charge >= 0.3 is 6.08 Å². The molecule has 0 saturated carbocycles. The SMILES string of the molecule is C=C(CC)CCC(F)=C(F)F. The molecule has 0 aliphatic carbocycles. The zero-order valence-electron chi connectivity index (χ0n) is 6.46. The van der Waals surface area contributed by atoms with Crippen LogP contribution in [0.5, 0.6) is 0 Å². The molecule has 0 nitrogen and oxygen atoms in total. The second-order valence-electron chi connectivity index (χ2n) is 2.27. The minimum Gasteiger partial charge on any atom is -0.206 e. The van der Waals surface area contributed by atoms with E-state index in [1.807, 2.05) is 6.92 Å². The van der Waals surface area contributed by atoms with Crippen LogP contribution in [0.1, 0.15) is 26.2 Å². The van der Waals surface area contributed by atoms with Crippen LogP contribution in [0.3, 0.4) is 0 Å². The molecule has 0 aliphatic rings. The van der Waals surface area contributed by atoms with Crippen LogP contribution < -0.4 is 0 Å². The van der Waals surface area contributed by atoms with Crippen molar-refractivity contribution in [3.63, 3.8) is 0 Å². The Labute approximate surface area is 64.4 Å². The lowest BCUT2D eigenvalue weighted by atomic mass is 10.1. The molecule has 0 rings (SSSR count). The minimum atomic E-state index is -2.21. The zero-order chi connectivity index (χ0) is 8.85. The van der Waals surface area contributed by atoms with Crippen LogP contribution >= 0.6 is 0 Å². The van der Waals surface area contributed by atoms with Gasteiger partial charge in [0.15, 0.2) is 5.83 Å². The fraction of sp³-hybridized carbons (Fsp3) is 0.500. The van der Waals surface area contributed by atoms with Gasteiger partial charge in [0.1, 0.15) is 0 Å². The van der Waals surface area contributed by atoms with Crippen molar-refractivity contribution in [1.82, 2.24) is 0 Å². The summed E-state index contributed by atoms with van der Waals surface area (Å²) in [4.78, 5) is 0. The van der Waals surface area contributed by atoms with Crippen molar-refractivity contribution >= 4 is 0 Å². The molecule has 3 heteroatoms. The largest absolute Gasteiger partial charge is 0.301 e. The van der Waals surface area contributed by atoms with Crippen LogP contribution in [0.25, 0.3) is 0 Å². The lowest BCUT2D eigenvalue weighted by Gasteiger charge is -1.98. The van der Waals surface area contributed by atoms with Crippen LogP contribution in [0.2, 0.25) is 0 Å². The van der Waals surface area contributed by atoms with Crippen LogP contribution in [-0.2, 0) is 0 Å². The summed E-state index contributed by atoms with van der Waals surface area (Å²) in [5, 5.41) is 0. The van der Waals surface area contributed by atoms with Crippen LogP contribution in [0.4, 0.5) is 13.2 Å². The Bertz CT molecular complexity index is 166. The Morgan fingerprint density at radius 3 is 2.09 bits per heavy atom. The van der Waals surface area contributed by atoms with Crippen molar-refractivity contribution < 1.29 is 13.2 Å². The summed E-state index contributed by atoms with van der Waals surface area (Å²) >= 11 is 0. The first kappa shape index (κ1) is 10.3. The average molecular weight is 164 g/mol. The Kier molecular flexibility index (Phi) is 4.66. The van der Waals surface area contributed by atoms with Gasteiger partial charge in [0.05, 0.1) is 0 Å². The van der Waals surface area contributed by atoms with Crippen LogP contribution in [-0.4, -0.2) is 0 Å². The highest BCUT2D eigenvalue weighted by atomic mass is 19.3. The van der Waals surface area contributed by atoms with E-state index in [0.29, 0.717) is 12.8 Å². The Morgan fingerprint density at radius 1 is 1.18 bits per heavy atom. The van der Waals surface area contributed by atoms with Crippen molar-refractivity contribution in [2.24, 2.45) is 0 Å². The molecule has 0 spiro atoms. The van der Waals surface area contributed by atoms with Gasteiger partial charge in [-0.1, -0.05) is 19.1 Å². The maximum absolute atomic E-state index is 12.1. The Morgan fingerprint density at radius 2 is 1.73 bits per heavy atom. The van der Waals surface area contributed by atoms with Crippen LogP contribution in [0.15, 0.2) is 24.1 Å². The highest BCUT2D eigenvalue weighted by Gasteiger charge is 2.04. The lowest BCUT2D eigenvalue weighted by Crippen LogP contribution is -1.81. The summed E-state index contributed by atoms with van der Waals surface area (Å²) in [6, 6.07) is 0. The summed E-state index contributed by atoms with van der Waals surface area (Å²) in [6.07, 6.45) is -1.43. The summed E-state index contributed by atoms with van der Waals surface area (Å²) in [5.74, 6) is -1.32. The Hall–Kier alpha value is -0.730. The summed E-state index contributed by atoms with van der Waals surface area (Å²) < 4.78 is 35.0. The predicted octanol–water partition coefficient (Wildman–Crippen LogP) is 3.81. The molecule has 0 saturated heterocycles. The molecule has 0 heterocycles. The van der Waals surface area contributed by atoms with E-state index >= 15 is 0 Å². The van der Waals surface area contributed by atoms with E-state index < -0.39 is 11.9 Å². The van der Waals surface area contributed by atoms with Gasteiger partial charge in [0, 0.05) is 6.42 Å². The molecule has 0 bridgehead atoms. The monoisotopic (exact) mass is 164 g/mol. The molecule has 0 aromatic heterocycles. The minimum absolute atomic E-state index is 0.227. The highest BCUT2D eigenvalue weighted by molar-refractivity contribution is 4.99. The second-order valence-corrected chi connectivity index (χ2v) is 2.27. The number of halogens is 3. The first-order chi connectivity index (χ1) is 5.07. The molecular weight excluding hydrogens is 153 g/mol. The van der Waals surface area contributed by atoms with Gasteiger partial charge < -0.3 is 0 Å². The first-order valence-electron chi connectivity index (χ1n) is 3.44. The molecule has 0 radical (unpaired) electrons. The normalized spacial score (nSPS) is 9.45. The third-order valence-electron chi connectivity index (χ3n) is 1.40. The molecule has 0 aliphatic heterocycles. The second kappa shape index (κ2) is 4.99. The third-order valence-corrected chi connectivity index (χ3v) is 1.40. The maximum atomic E-state index is 12.1. The van der Waals surface area contributed by atoms with Crippen molar-refractivity contribution in [2.75, 3.05) is 0 Å². The van der Waals surface area contributed by atoms with Gasteiger partial charge in [-0.05, 0) is 12.8 Å². The molecule has 0 aromatic carbocycles. The fourth-order valence-electron chi connectivity index (χ4n) is 0.558. The van der Waals surface area contributed by atoms with E-state index in [0.717, 1.165) is 5.57 Å².